The van der Waals surface area contributed by atoms with Crippen LogP contribution in [0.5, 0.6) is 5.88 Å². The Balaban J connectivity index is 2.33. The average Bonchev–Trinajstić information content (AvgIpc) is 2.87. The van der Waals surface area contributed by atoms with Gasteiger partial charge in [0.1, 0.15) is 0 Å². The maximum absolute atomic E-state index is 12.6. The molecule has 7 nitrogen and oxygen atoms in total. The topological polar surface area (TPSA) is 96.8 Å². The van der Waals surface area contributed by atoms with Crippen molar-refractivity contribution < 1.29 is 23.1 Å². The Morgan fingerprint density at radius 1 is 1.60 bits per heavy atom. The molecule has 9 heteroatoms. The zero-order valence-electron chi connectivity index (χ0n) is 11.2. The summed E-state index contributed by atoms with van der Waals surface area (Å²) < 4.78 is 35.1. The highest BCUT2D eigenvalue weighted by atomic mass is 32.2. The molecule has 0 radical (unpaired) electrons. The summed E-state index contributed by atoms with van der Waals surface area (Å²) in [5.74, 6) is -0.926. The number of carbonyl (C=O) groups is 1. The molecule has 0 saturated carbocycles. The van der Waals surface area contributed by atoms with E-state index in [0.29, 0.717) is 19.4 Å². The lowest BCUT2D eigenvalue weighted by atomic mass is 9.83. The van der Waals surface area contributed by atoms with Crippen LogP contribution < -0.4 is 4.74 Å². The van der Waals surface area contributed by atoms with E-state index in [1.165, 1.54) is 16.8 Å². The number of aromatic nitrogens is 1. The standard InChI is InChI=1S/C11H16N2O5S2/c1-11(10(14)15)4-3-5-13(7-11)20(16,17)8-6-19-12-9(8)18-2/h6H,3-5,7H2,1-2H3,(H,14,15). The Morgan fingerprint density at radius 2 is 2.30 bits per heavy atom. The van der Waals surface area contributed by atoms with Crippen molar-refractivity contribution >= 4 is 27.5 Å². The van der Waals surface area contributed by atoms with Gasteiger partial charge in [0.15, 0.2) is 4.90 Å². The van der Waals surface area contributed by atoms with Gasteiger partial charge in [0, 0.05) is 18.5 Å². The van der Waals surface area contributed by atoms with Gasteiger partial charge >= 0.3 is 5.97 Å². The lowest BCUT2D eigenvalue weighted by molar-refractivity contribution is -0.150. The van der Waals surface area contributed by atoms with E-state index in [2.05, 4.69) is 4.37 Å². The van der Waals surface area contributed by atoms with E-state index in [0.717, 1.165) is 11.5 Å². The van der Waals surface area contributed by atoms with E-state index in [1.807, 2.05) is 0 Å². The van der Waals surface area contributed by atoms with Gasteiger partial charge in [-0.05, 0) is 31.3 Å². The van der Waals surface area contributed by atoms with Crippen LogP contribution in [0.2, 0.25) is 0 Å². The van der Waals surface area contributed by atoms with Crippen molar-refractivity contribution in [3.8, 4) is 5.88 Å². The van der Waals surface area contributed by atoms with Gasteiger partial charge in [-0.2, -0.15) is 8.68 Å². The van der Waals surface area contributed by atoms with Crippen molar-refractivity contribution in [2.45, 2.75) is 24.7 Å². The molecule has 0 amide bonds. The van der Waals surface area contributed by atoms with Gasteiger partial charge in [0.2, 0.25) is 15.9 Å². The molecule has 1 aromatic rings. The Morgan fingerprint density at radius 3 is 2.90 bits per heavy atom. The predicted molar refractivity (Wildman–Crippen MR) is 72.4 cm³/mol. The zero-order valence-corrected chi connectivity index (χ0v) is 12.8. The van der Waals surface area contributed by atoms with Crippen LogP contribution in [-0.4, -0.2) is 48.4 Å². The molecule has 0 spiro atoms. The second kappa shape index (κ2) is 5.30. The van der Waals surface area contributed by atoms with Gasteiger partial charge in [-0.1, -0.05) is 0 Å². The highest BCUT2D eigenvalue weighted by Crippen LogP contribution is 2.35. The first kappa shape index (κ1) is 15.2. The maximum Gasteiger partial charge on any atom is 0.310 e. The number of hydrogen-bond acceptors (Lipinski definition) is 6. The molecule has 1 fully saturated rings. The molecule has 1 N–H and O–H groups in total. The fourth-order valence-electron chi connectivity index (χ4n) is 2.24. The van der Waals surface area contributed by atoms with Crippen LogP contribution in [0.1, 0.15) is 19.8 Å². The number of hydrogen-bond donors (Lipinski definition) is 1. The van der Waals surface area contributed by atoms with E-state index in [9.17, 15) is 18.3 Å². The van der Waals surface area contributed by atoms with E-state index in [1.54, 1.807) is 6.92 Å². The largest absolute Gasteiger partial charge is 0.481 e. The van der Waals surface area contributed by atoms with E-state index in [-0.39, 0.29) is 17.3 Å². The number of carboxylic acids is 1. The zero-order chi connectivity index (χ0) is 15.0. The van der Waals surface area contributed by atoms with Crippen molar-refractivity contribution in [2.24, 2.45) is 5.41 Å². The molecule has 1 atom stereocenters. The number of piperidine rings is 1. The fraction of sp³-hybridized carbons (Fsp3) is 0.636. The Hall–Kier alpha value is -1.19. The molecule has 1 aliphatic rings. The molecule has 112 valence electrons. The quantitative estimate of drug-likeness (QED) is 0.890. The van der Waals surface area contributed by atoms with Crippen molar-refractivity contribution in [3.05, 3.63) is 5.38 Å². The fourth-order valence-corrected chi connectivity index (χ4v) is 4.88. The third kappa shape index (κ3) is 2.52. The second-order valence-corrected chi connectivity index (χ2v) is 7.53. The van der Waals surface area contributed by atoms with E-state index in [4.69, 9.17) is 4.74 Å². The van der Waals surface area contributed by atoms with E-state index >= 15 is 0 Å². The highest BCUT2D eigenvalue weighted by Gasteiger charge is 2.43. The monoisotopic (exact) mass is 320 g/mol. The maximum atomic E-state index is 12.6. The van der Waals surface area contributed by atoms with Gasteiger partial charge in [0.25, 0.3) is 0 Å². The number of aliphatic carboxylic acids is 1. The summed E-state index contributed by atoms with van der Waals surface area (Å²) >= 11 is 0.991. The molecule has 1 aliphatic heterocycles. The third-order valence-electron chi connectivity index (χ3n) is 3.50. The summed E-state index contributed by atoms with van der Waals surface area (Å²) in [4.78, 5) is 11.3. The molecule has 0 aromatic carbocycles. The molecular weight excluding hydrogens is 304 g/mol. The molecule has 2 rings (SSSR count). The minimum Gasteiger partial charge on any atom is -0.481 e. The molecular formula is C11H16N2O5S2. The number of rotatable bonds is 4. The molecule has 0 bridgehead atoms. The summed E-state index contributed by atoms with van der Waals surface area (Å²) in [7, 11) is -2.42. The van der Waals surface area contributed by atoms with E-state index < -0.39 is 21.4 Å². The predicted octanol–water partition coefficient (Wildman–Crippen LogP) is 1.03. The highest BCUT2D eigenvalue weighted by molar-refractivity contribution is 7.89. The third-order valence-corrected chi connectivity index (χ3v) is 6.10. The molecule has 1 saturated heterocycles. The lowest BCUT2D eigenvalue weighted by Gasteiger charge is -2.36. The van der Waals surface area contributed by atoms with Crippen LogP contribution in [-0.2, 0) is 14.8 Å². The Kier molecular flexibility index (Phi) is 4.03. The Bertz CT molecular complexity index is 612. The average molecular weight is 320 g/mol. The summed E-state index contributed by atoms with van der Waals surface area (Å²) in [6.07, 6.45) is 0.981. The normalized spacial score (nSPS) is 24.5. The number of nitrogens with zero attached hydrogens (tertiary/aromatic N) is 2. The first-order valence-corrected chi connectivity index (χ1v) is 8.31. The van der Waals surface area contributed by atoms with Crippen LogP contribution in [0, 0.1) is 5.41 Å². The molecule has 2 heterocycles. The van der Waals surface area contributed by atoms with Crippen molar-refractivity contribution in [2.75, 3.05) is 20.2 Å². The molecule has 1 aromatic heterocycles. The van der Waals surface area contributed by atoms with Crippen molar-refractivity contribution in [1.29, 1.82) is 0 Å². The summed E-state index contributed by atoms with van der Waals surface area (Å²) in [5.41, 5.74) is -1.05. The number of ether oxygens (including phenoxy) is 1. The molecule has 20 heavy (non-hydrogen) atoms. The van der Waals surface area contributed by atoms with Crippen LogP contribution in [0.3, 0.4) is 0 Å². The minimum atomic E-state index is -3.77. The second-order valence-electron chi connectivity index (χ2n) is 5.00. The first-order chi connectivity index (χ1) is 9.31. The lowest BCUT2D eigenvalue weighted by Crippen LogP contribution is -2.48. The summed E-state index contributed by atoms with van der Waals surface area (Å²) in [6.45, 7) is 1.84. The summed E-state index contributed by atoms with van der Waals surface area (Å²) in [6, 6.07) is 0. The number of sulfonamides is 1. The SMILES string of the molecule is COc1nscc1S(=O)(=O)N1CCCC(C)(C(=O)O)C1. The van der Waals surface area contributed by atoms with Gasteiger partial charge in [-0.3, -0.25) is 4.79 Å². The Labute approximate surface area is 121 Å². The van der Waals surface area contributed by atoms with Gasteiger partial charge in [0.05, 0.1) is 12.5 Å². The molecule has 0 aliphatic carbocycles. The summed E-state index contributed by atoms with van der Waals surface area (Å²) in [5, 5.41) is 10.7. The van der Waals surface area contributed by atoms with Gasteiger partial charge in [-0.15, -0.1) is 0 Å². The number of methoxy groups -OCH3 is 1. The smallest absolute Gasteiger partial charge is 0.310 e. The van der Waals surface area contributed by atoms with Gasteiger partial charge in [-0.25, -0.2) is 8.42 Å². The molecule has 1 unspecified atom stereocenters. The minimum absolute atomic E-state index is 0.000334. The first-order valence-electron chi connectivity index (χ1n) is 6.03. The van der Waals surface area contributed by atoms with Crippen LogP contribution >= 0.6 is 11.5 Å². The van der Waals surface area contributed by atoms with Crippen LogP contribution in [0.15, 0.2) is 10.3 Å². The van der Waals surface area contributed by atoms with Gasteiger partial charge < -0.3 is 9.84 Å². The van der Waals surface area contributed by atoms with Crippen molar-refractivity contribution in [1.82, 2.24) is 8.68 Å². The van der Waals surface area contributed by atoms with Crippen LogP contribution in [0.25, 0.3) is 0 Å². The van der Waals surface area contributed by atoms with Crippen molar-refractivity contribution in [3.63, 3.8) is 0 Å². The van der Waals surface area contributed by atoms with Crippen LogP contribution in [0.4, 0.5) is 0 Å². The number of carboxylic acid groups (broad SMARTS) is 1.